The molecule has 19 heavy (non-hydrogen) atoms. The van der Waals surface area contributed by atoms with Crippen LogP contribution < -0.4 is 5.32 Å². The molecule has 3 rings (SSSR count). The third-order valence-electron chi connectivity index (χ3n) is 3.00. The number of para-hydroxylation sites is 1. The zero-order valence-corrected chi connectivity index (χ0v) is 11.6. The molecule has 0 radical (unpaired) electrons. The Morgan fingerprint density at radius 2 is 2.05 bits per heavy atom. The zero-order valence-electron chi connectivity index (χ0n) is 10.8. The molecule has 0 unspecified atom stereocenters. The summed E-state index contributed by atoms with van der Waals surface area (Å²) in [5.41, 5.74) is 3.42. The Hall–Kier alpha value is -1.78. The number of fused-ring (bicyclic) bond motifs is 1. The fourth-order valence-corrected chi connectivity index (χ4v) is 2.84. The van der Waals surface area contributed by atoms with E-state index in [2.05, 4.69) is 38.9 Å². The Balaban J connectivity index is 1.71. The van der Waals surface area contributed by atoms with Crippen LogP contribution in [0.1, 0.15) is 16.3 Å². The number of hydrogen-bond acceptors (Lipinski definition) is 4. The lowest BCUT2D eigenvalue weighted by Gasteiger charge is -2.06. The first-order valence-corrected chi connectivity index (χ1v) is 7.15. The average molecular weight is 269 g/mol. The van der Waals surface area contributed by atoms with Gasteiger partial charge < -0.3 is 5.32 Å². The summed E-state index contributed by atoms with van der Waals surface area (Å²) >= 11 is 1.70. The van der Waals surface area contributed by atoms with Crippen LogP contribution >= 0.6 is 11.3 Å². The van der Waals surface area contributed by atoms with Crippen LogP contribution in [0.3, 0.4) is 0 Å². The minimum absolute atomic E-state index is 0.815. The van der Waals surface area contributed by atoms with E-state index in [1.807, 2.05) is 25.3 Å². The molecule has 0 amide bonds. The van der Waals surface area contributed by atoms with Crippen molar-refractivity contribution in [2.24, 2.45) is 0 Å². The molecule has 4 heteroatoms. The number of nitrogens with zero attached hydrogens (tertiary/aromatic N) is 2. The molecule has 2 heterocycles. The van der Waals surface area contributed by atoms with Crippen molar-refractivity contribution in [3.05, 3.63) is 58.2 Å². The van der Waals surface area contributed by atoms with Crippen LogP contribution in [0.4, 0.5) is 0 Å². The number of aryl methyl sites for hydroxylation is 1. The van der Waals surface area contributed by atoms with E-state index in [0.29, 0.717) is 0 Å². The maximum atomic E-state index is 4.45. The van der Waals surface area contributed by atoms with Crippen LogP contribution in [0.15, 0.2) is 41.9 Å². The standard InChI is InChI=1S/C15H15N3S/c1-11-10-19-15(18-11)9-16-8-12-6-7-17-14-5-3-2-4-13(12)14/h2-7,10,16H,8-9H2,1H3. The van der Waals surface area contributed by atoms with Crippen molar-refractivity contribution in [2.75, 3.05) is 0 Å². The van der Waals surface area contributed by atoms with Gasteiger partial charge in [0.25, 0.3) is 0 Å². The molecule has 0 spiro atoms. The lowest BCUT2D eigenvalue weighted by molar-refractivity contribution is 0.691. The van der Waals surface area contributed by atoms with E-state index in [1.165, 1.54) is 10.9 Å². The van der Waals surface area contributed by atoms with Crippen LogP contribution in [0.25, 0.3) is 10.9 Å². The van der Waals surface area contributed by atoms with E-state index in [1.54, 1.807) is 11.3 Å². The quantitative estimate of drug-likeness (QED) is 0.789. The number of nitrogens with one attached hydrogen (secondary N) is 1. The van der Waals surface area contributed by atoms with Gasteiger partial charge in [0.05, 0.1) is 5.52 Å². The van der Waals surface area contributed by atoms with Gasteiger partial charge >= 0.3 is 0 Å². The molecule has 3 nitrogen and oxygen atoms in total. The lowest BCUT2D eigenvalue weighted by atomic mass is 10.1. The van der Waals surface area contributed by atoms with E-state index < -0.39 is 0 Å². The smallest absolute Gasteiger partial charge is 0.107 e. The summed E-state index contributed by atoms with van der Waals surface area (Å²) in [6.07, 6.45) is 1.87. The first-order chi connectivity index (χ1) is 9.33. The van der Waals surface area contributed by atoms with Gasteiger partial charge in [0.2, 0.25) is 0 Å². The zero-order chi connectivity index (χ0) is 13.1. The average Bonchev–Trinajstić information content (AvgIpc) is 2.85. The first-order valence-electron chi connectivity index (χ1n) is 6.27. The Labute approximate surface area is 116 Å². The van der Waals surface area contributed by atoms with Gasteiger partial charge in [0, 0.05) is 35.7 Å². The van der Waals surface area contributed by atoms with Crippen molar-refractivity contribution < 1.29 is 0 Å². The number of benzene rings is 1. The Bertz CT molecular complexity index is 685. The normalized spacial score (nSPS) is 11.0. The number of rotatable bonds is 4. The summed E-state index contributed by atoms with van der Waals surface area (Å²) in [6, 6.07) is 10.3. The molecule has 1 aromatic carbocycles. The highest BCUT2D eigenvalue weighted by Crippen LogP contribution is 2.16. The van der Waals surface area contributed by atoms with Gasteiger partial charge in [-0.25, -0.2) is 4.98 Å². The monoisotopic (exact) mass is 269 g/mol. The lowest BCUT2D eigenvalue weighted by Crippen LogP contribution is -2.12. The molecular formula is C15H15N3S. The molecule has 3 aromatic rings. The van der Waals surface area contributed by atoms with E-state index >= 15 is 0 Å². The van der Waals surface area contributed by atoms with Crippen molar-refractivity contribution in [3.63, 3.8) is 0 Å². The molecule has 0 aliphatic carbocycles. The molecule has 0 fully saturated rings. The third-order valence-corrected chi connectivity index (χ3v) is 3.96. The van der Waals surface area contributed by atoms with Gasteiger partial charge in [-0.15, -0.1) is 11.3 Å². The second-order valence-electron chi connectivity index (χ2n) is 4.47. The highest BCUT2D eigenvalue weighted by Gasteiger charge is 2.02. The van der Waals surface area contributed by atoms with Gasteiger partial charge in [-0.05, 0) is 24.6 Å². The minimum Gasteiger partial charge on any atom is -0.306 e. The number of hydrogen-bond donors (Lipinski definition) is 1. The van der Waals surface area contributed by atoms with Crippen LogP contribution in [-0.2, 0) is 13.1 Å². The first kappa shape index (κ1) is 12.3. The van der Waals surface area contributed by atoms with Crippen molar-refractivity contribution >= 4 is 22.2 Å². The fourth-order valence-electron chi connectivity index (χ4n) is 2.10. The van der Waals surface area contributed by atoms with Crippen molar-refractivity contribution in [2.45, 2.75) is 20.0 Å². The Morgan fingerprint density at radius 1 is 1.16 bits per heavy atom. The molecule has 96 valence electrons. The van der Waals surface area contributed by atoms with E-state index in [-0.39, 0.29) is 0 Å². The highest BCUT2D eigenvalue weighted by atomic mass is 32.1. The van der Waals surface area contributed by atoms with E-state index in [9.17, 15) is 0 Å². The summed E-state index contributed by atoms with van der Waals surface area (Å²) in [4.78, 5) is 8.82. The van der Waals surface area contributed by atoms with Gasteiger partial charge in [0.15, 0.2) is 0 Å². The summed E-state index contributed by atoms with van der Waals surface area (Å²) in [7, 11) is 0. The third kappa shape index (κ3) is 2.80. The second kappa shape index (κ2) is 5.47. The largest absolute Gasteiger partial charge is 0.306 e. The Kier molecular flexibility index (Phi) is 3.53. The van der Waals surface area contributed by atoms with Gasteiger partial charge in [-0.2, -0.15) is 0 Å². The number of aromatic nitrogens is 2. The molecule has 1 N–H and O–H groups in total. The maximum Gasteiger partial charge on any atom is 0.107 e. The number of thiazole rings is 1. The predicted molar refractivity (Wildman–Crippen MR) is 79.1 cm³/mol. The van der Waals surface area contributed by atoms with Crippen LogP contribution in [0, 0.1) is 6.92 Å². The van der Waals surface area contributed by atoms with Crippen molar-refractivity contribution in [3.8, 4) is 0 Å². The summed E-state index contributed by atoms with van der Waals surface area (Å²) in [5, 5.41) is 7.88. The maximum absolute atomic E-state index is 4.45. The summed E-state index contributed by atoms with van der Waals surface area (Å²) in [5.74, 6) is 0. The van der Waals surface area contributed by atoms with Gasteiger partial charge in [-0.3, -0.25) is 4.98 Å². The molecule has 0 saturated carbocycles. The predicted octanol–water partition coefficient (Wildman–Crippen LogP) is 3.29. The fraction of sp³-hybridized carbons (Fsp3) is 0.200. The van der Waals surface area contributed by atoms with Crippen molar-refractivity contribution in [1.82, 2.24) is 15.3 Å². The van der Waals surface area contributed by atoms with Crippen molar-refractivity contribution in [1.29, 1.82) is 0 Å². The summed E-state index contributed by atoms with van der Waals surface area (Å²) < 4.78 is 0. The summed E-state index contributed by atoms with van der Waals surface area (Å²) in [6.45, 7) is 3.67. The van der Waals surface area contributed by atoms with Crippen LogP contribution in [-0.4, -0.2) is 9.97 Å². The van der Waals surface area contributed by atoms with Crippen LogP contribution in [0.5, 0.6) is 0 Å². The van der Waals surface area contributed by atoms with E-state index in [4.69, 9.17) is 0 Å². The number of pyridine rings is 1. The molecule has 0 bridgehead atoms. The molecule has 0 aliphatic rings. The van der Waals surface area contributed by atoms with E-state index in [0.717, 1.165) is 29.3 Å². The topological polar surface area (TPSA) is 37.8 Å². The van der Waals surface area contributed by atoms with Gasteiger partial charge in [0.1, 0.15) is 5.01 Å². The highest BCUT2D eigenvalue weighted by molar-refractivity contribution is 7.09. The van der Waals surface area contributed by atoms with Crippen LogP contribution in [0.2, 0.25) is 0 Å². The minimum atomic E-state index is 0.815. The Morgan fingerprint density at radius 3 is 2.89 bits per heavy atom. The molecular weight excluding hydrogens is 254 g/mol. The molecule has 0 saturated heterocycles. The second-order valence-corrected chi connectivity index (χ2v) is 5.42. The molecule has 0 atom stereocenters. The molecule has 2 aromatic heterocycles. The van der Waals surface area contributed by atoms with Gasteiger partial charge in [-0.1, -0.05) is 18.2 Å². The molecule has 0 aliphatic heterocycles. The SMILES string of the molecule is Cc1csc(CNCc2ccnc3ccccc23)n1.